The summed E-state index contributed by atoms with van der Waals surface area (Å²) in [5.74, 6) is 2.99. The predicted molar refractivity (Wildman–Crippen MR) is 143 cm³/mol. The summed E-state index contributed by atoms with van der Waals surface area (Å²) in [7, 11) is -3.63. The van der Waals surface area contributed by atoms with Crippen LogP contribution in [0.3, 0.4) is 0 Å². The van der Waals surface area contributed by atoms with E-state index in [0.717, 1.165) is 35.3 Å². The fourth-order valence-corrected chi connectivity index (χ4v) is 8.22. The van der Waals surface area contributed by atoms with Gasteiger partial charge < -0.3 is 10.1 Å². The van der Waals surface area contributed by atoms with Crippen molar-refractivity contribution < 1.29 is 17.9 Å². The number of carbonyl (C=O) groups excluding carboxylic acids is 1. The van der Waals surface area contributed by atoms with Crippen molar-refractivity contribution >= 4 is 21.6 Å². The van der Waals surface area contributed by atoms with E-state index in [4.69, 9.17) is 4.74 Å². The Kier molecular flexibility index (Phi) is 6.79. The maximum absolute atomic E-state index is 12.9. The molecular formula is C29H38N2O4S. The summed E-state index contributed by atoms with van der Waals surface area (Å²) in [5, 5.41) is 2.93. The lowest BCUT2D eigenvalue weighted by molar-refractivity contribution is -0.120. The minimum absolute atomic E-state index is 0.253. The summed E-state index contributed by atoms with van der Waals surface area (Å²) in [4.78, 5) is 12.9. The van der Waals surface area contributed by atoms with Gasteiger partial charge in [-0.1, -0.05) is 24.3 Å². The number of anilines is 1. The summed E-state index contributed by atoms with van der Waals surface area (Å²) in [6.07, 6.45) is 9.12. The number of nitrogens with one attached hydrogen (secondary N) is 1. The molecule has 0 aromatic heterocycles. The zero-order chi connectivity index (χ0) is 25.5. The van der Waals surface area contributed by atoms with Gasteiger partial charge in [-0.25, -0.2) is 8.42 Å². The number of rotatable bonds is 9. The van der Waals surface area contributed by atoms with Crippen molar-refractivity contribution in [3.8, 4) is 5.75 Å². The molecule has 6 nitrogen and oxygen atoms in total. The molecule has 1 atom stereocenters. The fraction of sp³-hybridized carbons (Fsp3) is 0.552. The summed E-state index contributed by atoms with van der Waals surface area (Å²) in [5.41, 5.74) is 3.06. The van der Waals surface area contributed by atoms with E-state index in [0.29, 0.717) is 12.3 Å². The maximum atomic E-state index is 12.9. The van der Waals surface area contributed by atoms with Gasteiger partial charge in [0, 0.05) is 0 Å². The lowest BCUT2D eigenvalue weighted by Gasteiger charge is -2.57. The number of sulfonamides is 1. The summed E-state index contributed by atoms with van der Waals surface area (Å²) >= 11 is 0. The van der Waals surface area contributed by atoms with Crippen LogP contribution in [-0.2, 0) is 20.2 Å². The Bertz CT molecular complexity index is 1160. The zero-order valence-electron chi connectivity index (χ0n) is 21.6. The normalized spacial score (nSPS) is 27.5. The van der Waals surface area contributed by atoms with Gasteiger partial charge in [0.1, 0.15) is 12.3 Å². The van der Waals surface area contributed by atoms with Crippen molar-refractivity contribution in [1.29, 1.82) is 0 Å². The summed E-state index contributed by atoms with van der Waals surface area (Å²) in [6, 6.07) is 15.3. The second-order valence-corrected chi connectivity index (χ2v) is 13.2. The first-order valence-electron chi connectivity index (χ1n) is 13.3. The van der Waals surface area contributed by atoms with E-state index in [1.54, 1.807) is 0 Å². The van der Waals surface area contributed by atoms with Gasteiger partial charge in [0.15, 0.2) is 0 Å². The van der Waals surface area contributed by atoms with Gasteiger partial charge in [-0.15, -0.1) is 0 Å². The lowest BCUT2D eigenvalue weighted by Crippen LogP contribution is -2.48. The summed E-state index contributed by atoms with van der Waals surface area (Å²) < 4.78 is 32.0. The van der Waals surface area contributed by atoms with Crippen LogP contribution in [0.2, 0.25) is 0 Å². The number of nitrogens with zero attached hydrogens (tertiary/aromatic N) is 1. The Labute approximate surface area is 215 Å². The molecule has 4 aliphatic rings. The van der Waals surface area contributed by atoms with Crippen LogP contribution in [0.4, 0.5) is 5.69 Å². The Balaban J connectivity index is 1.28. The van der Waals surface area contributed by atoms with Crippen molar-refractivity contribution in [2.45, 2.75) is 63.8 Å². The Morgan fingerprint density at radius 2 is 1.56 bits per heavy atom. The number of amides is 1. The van der Waals surface area contributed by atoms with E-state index in [1.165, 1.54) is 48.4 Å². The van der Waals surface area contributed by atoms with Crippen LogP contribution in [0.1, 0.15) is 69.5 Å². The molecule has 0 radical (unpaired) electrons. The van der Waals surface area contributed by atoms with Gasteiger partial charge in [-0.2, -0.15) is 0 Å². The number of ether oxygens (including phenoxy) is 1. The largest absolute Gasteiger partial charge is 0.494 e. The fourth-order valence-electron chi connectivity index (χ4n) is 7.37. The quantitative estimate of drug-likeness (QED) is 0.503. The van der Waals surface area contributed by atoms with E-state index in [2.05, 4.69) is 17.4 Å². The van der Waals surface area contributed by atoms with E-state index < -0.39 is 10.0 Å². The minimum Gasteiger partial charge on any atom is -0.494 e. The highest BCUT2D eigenvalue weighted by Crippen LogP contribution is 2.60. The van der Waals surface area contributed by atoms with Gasteiger partial charge >= 0.3 is 0 Å². The van der Waals surface area contributed by atoms with Gasteiger partial charge in [0.05, 0.1) is 24.6 Å². The van der Waals surface area contributed by atoms with Gasteiger partial charge in [0.25, 0.3) is 0 Å². The number of carbonyl (C=O) groups is 1. The number of hydrogen-bond acceptors (Lipinski definition) is 4. The third kappa shape index (κ3) is 5.13. The SMILES string of the molecule is CCOc1ccc([C@@H](C)NC(=O)CN(c2ccc(C34CC5CC(CC(C5)C3)C4)cc2)S(C)(=O)=O)cc1. The van der Waals surface area contributed by atoms with Crippen LogP contribution in [-0.4, -0.2) is 33.7 Å². The molecule has 6 rings (SSSR count). The van der Waals surface area contributed by atoms with Gasteiger partial charge in [0.2, 0.25) is 15.9 Å². The molecule has 36 heavy (non-hydrogen) atoms. The second kappa shape index (κ2) is 9.73. The third-order valence-electron chi connectivity index (χ3n) is 8.56. The van der Waals surface area contributed by atoms with Crippen molar-refractivity contribution in [2.24, 2.45) is 17.8 Å². The molecule has 0 heterocycles. The Morgan fingerprint density at radius 3 is 2.06 bits per heavy atom. The number of hydrogen-bond donors (Lipinski definition) is 1. The first-order chi connectivity index (χ1) is 17.1. The number of benzene rings is 2. The summed E-state index contributed by atoms with van der Waals surface area (Å²) in [6.45, 7) is 4.16. The highest BCUT2D eigenvalue weighted by molar-refractivity contribution is 7.92. The Morgan fingerprint density at radius 1 is 1.00 bits per heavy atom. The van der Waals surface area contributed by atoms with E-state index in [1.807, 2.05) is 50.2 Å². The molecule has 1 N–H and O–H groups in total. The van der Waals surface area contributed by atoms with E-state index in [-0.39, 0.29) is 23.9 Å². The molecule has 2 aromatic carbocycles. The molecule has 1 amide bonds. The lowest BCUT2D eigenvalue weighted by atomic mass is 9.48. The van der Waals surface area contributed by atoms with Crippen LogP contribution in [0.25, 0.3) is 0 Å². The van der Waals surface area contributed by atoms with Crippen molar-refractivity contribution in [3.05, 3.63) is 59.7 Å². The molecule has 4 bridgehead atoms. The van der Waals surface area contributed by atoms with Crippen LogP contribution in [0.5, 0.6) is 5.75 Å². The maximum Gasteiger partial charge on any atom is 0.241 e. The van der Waals surface area contributed by atoms with E-state index in [9.17, 15) is 13.2 Å². The van der Waals surface area contributed by atoms with Gasteiger partial charge in [-0.05, 0) is 111 Å². The molecular weight excluding hydrogens is 472 g/mol. The smallest absolute Gasteiger partial charge is 0.241 e. The first-order valence-corrected chi connectivity index (χ1v) is 15.1. The first kappa shape index (κ1) is 25.1. The van der Waals surface area contributed by atoms with Crippen molar-refractivity contribution in [2.75, 3.05) is 23.7 Å². The molecule has 4 aliphatic carbocycles. The van der Waals surface area contributed by atoms with Crippen LogP contribution in [0.15, 0.2) is 48.5 Å². The topological polar surface area (TPSA) is 75.7 Å². The highest BCUT2D eigenvalue weighted by Gasteiger charge is 2.51. The molecule has 4 saturated carbocycles. The van der Waals surface area contributed by atoms with Crippen LogP contribution in [0, 0.1) is 17.8 Å². The molecule has 4 fully saturated rings. The molecule has 7 heteroatoms. The monoisotopic (exact) mass is 510 g/mol. The molecule has 194 valence electrons. The van der Waals surface area contributed by atoms with Crippen molar-refractivity contribution in [3.63, 3.8) is 0 Å². The Hall–Kier alpha value is -2.54. The standard InChI is InChI=1S/C29H38N2O4S/c1-4-35-27-11-5-24(6-12-27)20(2)30-28(32)19-31(36(3,33)34)26-9-7-25(8-10-26)29-16-21-13-22(17-29)15-23(14-21)18-29/h5-12,20-23H,4,13-19H2,1-3H3,(H,30,32)/t20-,21?,22?,23?,29?/m1/s1. The van der Waals surface area contributed by atoms with Crippen molar-refractivity contribution in [1.82, 2.24) is 5.32 Å². The second-order valence-electron chi connectivity index (χ2n) is 11.3. The average molecular weight is 511 g/mol. The molecule has 0 spiro atoms. The van der Waals surface area contributed by atoms with Crippen LogP contribution < -0.4 is 14.4 Å². The van der Waals surface area contributed by atoms with Crippen LogP contribution >= 0.6 is 0 Å². The molecule has 0 aliphatic heterocycles. The molecule has 2 aromatic rings. The molecule has 0 saturated heterocycles. The zero-order valence-corrected chi connectivity index (χ0v) is 22.4. The van der Waals surface area contributed by atoms with E-state index >= 15 is 0 Å². The predicted octanol–water partition coefficient (Wildman–Crippen LogP) is 5.20. The third-order valence-corrected chi connectivity index (χ3v) is 9.70. The average Bonchev–Trinajstić information content (AvgIpc) is 2.82. The minimum atomic E-state index is -3.63. The molecule has 0 unspecified atom stereocenters. The highest BCUT2D eigenvalue weighted by atomic mass is 32.2. The van der Waals surface area contributed by atoms with Gasteiger partial charge in [-0.3, -0.25) is 9.10 Å².